The fourth-order valence-corrected chi connectivity index (χ4v) is 1.48. The van der Waals surface area contributed by atoms with Gasteiger partial charge in [-0.1, -0.05) is 6.07 Å². The van der Waals surface area contributed by atoms with E-state index in [1.807, 2.05) is 30.3 Å². The summed E-state index contributed by atoms with van der Waals surface area (Å²) < 4.78 is 0. The highest BCUT2D eigenvalue weighted by Crippen LogP contribution is 2.09. The highest BCUT2D eigenvalue weighted by molar-refractivity contribution is 5.17. The number of hydrogen-bond donors (Lipinski definition) is 1. The molecule has 1 unspecified atom stereocenters. The van der Waals surface area contributed by atoms with Crippen LogP contribution in [0.2, 0.25) is 0 Å². The van der Waals surface area contributed by atoms with Gasteiger partial charge in [-0.15, -0.1) is 0 Å². The normalized spacial score (nSPS) is 11.7. The molecule has 4 heteroatoms. The summed E-state index contributed by atoms with van der Waals surface area (Å²) in [5.74, 6) is 0. The van der Waals surface area contributed by atoms with Gasteiger partial charge in [0.15, 0.2) is 0 Å². The average molecular weight is 224 g/mol. The lowest BCUT2D eigenvalue weighted by molar-refractivity contribution is 0.616. The first-order valence-electron chi connectivity index (χ1n) is 5.33. The topological polar surface area (TPSA) is 61.6 Å². The minimum atomic E-state index is -0.385. The first-order chi connectivity index (χ1) is 8.40. The summed E-state index contributed by atoms with van der Waals surface area (Å²) in [4.78, 5) is 8.11. The van der Waals surface area contributed by atoms with E-state index in [1.54, 1.807) is 18.6 Å². The van der Waals surface area contributed by atoms with Crippen LogP contribution in [-0.2, 0) is 6.54 Å². The maximum atomic E-state index is 9.09. The zero-order valence-corrected chi connectivity index (χ0v) is 9.24. The van der Waals surface area contributed by atoms with Crippen LogP contribution in [0.15, 0.2) is 48.9 Å². The van der Waals surface area contributed by atoms with Gasteiger partial charge in [0.1, 0.15) is 6.04 Å². The van der Waals surface area contributed by atoms with Crippen LogP contribution in [0.3, 0.4) is 0 Å². The molecule has 0 aromatic carbocycles. The van der Waals surface area contributed by atoms with Crippen molar-refractivity contribution < 1.29 is 0 Å². The Morgan fingerprint density at radius 3 is 2.65 bits per heavy atom. The molecule has 0 amide bonds. The number of rotatable bonds is 4. The molecular weight excluding hydrogens is 212 g/mol. The summed E-state index contributed by atoms with van der Waals surface area (Å²) in [6.07, 6.45) is 5.16. The number of nitrogens with zero attached hydrogens (tertiary/aromatic N) is 3. The Balaban J connectivity index is 2.01. The molecule has 0 fully saturated rings. The van der Waals surface area contributed by atoms with Crippen LogP contribution in [0.4, 0.5) is 0 Å². The van der Waals surface area contributed by atoms with Gasteiger partial charge in [0.05, 0.1) is 11.8 Å². The van der Waals surface area contributed by atoms with Gasteiger partial charge in [0, 0.05) is 25.1 Å². The number of nitriles is 1. The summed E-state index contributed by atoms with van der Waals surface area (Å²) in [7, 11) is 0. The largest absolute Gasteiger partial charge is 0.293 e. The standard InChI is InChI=1S/C13H12N4/c14-9-13(12-3-1-2-6-16-12)17-10-11-4-7-15-8-5-11/h1-8,13,17H,10H2. The van der Waals surface area contributed by atoms with E-state index in [2.05, 4.69) is 21.4 Å². The van der Waals surface area contributed by atoms with Crippen molar-refractivity contribution in [2.45, 2.75) is 12.6 Å². The van der Waals surface area contributed by atoms with E-state index in [4.69, 9.17) is 5.26 Å². The van der Waals surface area contributed by atoms with Crippen LogP contribution in [0.5, 0.6) is 0 Å². The van der Waals surface area contributed by atoms with Gasteiger partial charge < -0.3 is 0 Å². The van der Waals surface area contributed by atoms with Crippen LogP contribution < -0.4 is 5.32 Å². The third-order valence-electron chi connectivity index (χ3n) is 2.37. The van der Waals surface area contributed by atoms with Crippen LogP contribution in [0, 0.1) is 11.3 Å². The van der Waals surface area contributed by atoms with E-state index in [0.29, 0.717) is 6.54 Å². The van der Waals surface area contributed by atoms with Crippen molar-refractivity contribution in [3.8, 4) is 6.07 Å². The van der Waals surface area contributed by atoms with Crippen LogP contribution in [-0.4, -0.2) is 9.97 Å². The van der Waals surface area contributed by atoms with Crippen molar-refractivity contribution in [2.24, 2.45) is 0 Å². The first kappa shape index (κ1) is 11.2. The number of pyridine rings is 2. The van der Waals surface area contributed by atoms with E-state index >= 15 is 0 Å². The van der Waals surface area contributed by atoms with E-state index in [0.717, 1.165) is 11.3 Å². The zero-order chi connectivity index (χ0) is 11.9. The fraction of sp³-hybridized carbons (Fsp3) is 0.154. The molecule has 2 rings (SSSR count). The molecule has 0 bridgehead atoms. The Labute approximate surface area is 100.0 Å². The number of hydrogen-bond acceptors (Lipinski definition) is 4. The summed E-state index contributed by atoms with van der Waals surface area (Å²) in [6, 6.07) is 11.2. The maximum absolute atomic E-state index is 9.09. The quantitative estimate of drug-likeness (QED) is 0.860. The summed E-state index contributed by atoms with van der Waals surface area (Å²) in [5.41, 5.74) is 1.83. The van der Waals surface area contributed by atoms with Crippen LogP contribution in [0.1, 0.15) is 17.3 Å². The molecule has 0 aliphatic carbocycles. The molecule has 0 aliphatic rings. The molecule has 2 aromatic rings. The second-order valence-electron chi connectivity index (χ2n) is 3.55. The molecule has 2 heterocycles. The van der Waals surface area contributed by atoms with Crippen molar-refractivity contribution in [3.05, 3.63) is 60.2 Å². The molecule has 0 radical (unpaired) electrons. The Hall–Kier alpha value is -2.25. The number of nitrogens with one attached hydrogen (secondary N) is 1. The molecule has 84 valence electrons. The second kappa shape index (κ2) is 5.73. The van der Waals surface area contributed by atoms with Crippen LogP contribution in [0.25, 0.3) is 0 Å². The molecule has 0 spiro atoms. The predicted molar refractivity (Wildman–Crippen MR) is 63.7 cm³/mol. The molecule has 0 saturated carbocycles. The van der Waals surface area contributed by atoms with Crippen LogP contribution >= 0.6 is 0 Å². The van der Waals surface area contributed by atoms with E-state index in [1.165, 1.54) is 0 Å². The van der Waals surface area contributed by atoms with Gasteiger partial charge in [-0.2, -0.15) is 5.26 Å². The maximum Gasteiger partial charge on any atom is 0.138 e. The van der Waals surface area contributed by atoms with Gasteiger partial charge in [-0.3, -0.25) is 15.3 Å². The van der Waals surface area contributed by atoms with E-state index < -0.39 is 0 Å². The lowest BCUT2D eigenvalue weighted by atomic mass is 10.2. The lowest BCUT2D eigenvalue weighted by Crippen LogP contribution is -2.20. The highest BCUT2D eigenvalue weighted by atomic mass is 14.9. The smallest absolute Gasteiger partial charge is 0.138 e. The third-order valence-corrected chi connectivity index (χ3v) is 2.37. The fourth-order valence-electron chi connectivity index (χ4n) is 1.48. The molecule has 1 N–H and O–H groups in total. The lowest BCUT2D eigenvalue weighted by Gasteiger charge is -2.10. The summed E-state index contributed by atoms with van der Waals surface area (Å²) in [6.45, 7) is 0.622. The molecule has 2 aromatic heterocycles. The summed E-state index contributed by atoms with van der Waals surface area (Å²) in [5, 5.41) is 12.2. The van der Waals surface area contributed by atoms with Gasteiger partial charge in [-0.25, -0.2) is 0 Å². The van der Waals surface area contributed by atoms with Crippen molar-refractivity contribution in [3.63, 3.8) is 0 Å². The molecule has 0 aliphatic heterocycles. The number of aromatic nitrogens is 2. The van der Waals surface area contributed by atoms with E-state index in [9.17, 15) is 0 Å². The minimum Gasteiger partial charge on any atom is -0.293 e. The Morgan fingerprint density at radius 2 is 2.00 bits per heavy atom. The minimum absolute atomic E-state index is 0.385. The molecule has 4 nitrogen and oxygen atoms in total. The SMILES string of the molecule is N#CC(NCc1ccncc1)c1ccccn1. The Morgan fingerprint density at radius 1 is 1.18 bits per heavy atom. The van der Waals surface area contributed by atoms with Gasteiger partial charge in [0.2, 0.25) is 0 Å². The first-order valence-corrected chi connectivity index (χ1v) is 5.33. The van der Waals surface area contributed by atoms with Crippen molar-refractivity contribution in [1.82, 2.24) is 15.3 Å². The summed E-state index contributed by atoms with van der Waals surface area (Å²) >= 11 is 0. The monoisotopic (exact) mass is 224 g/mol. The van der Waals surface area contributed by atoms with Gasteiger partial charge in [0.25, 0.3) is 0 Å². The predicted octanol–water partition coefficient (Wildman–Crippen LogP) is 1.83. The third kappa shape index (κ3) is 3.10. The van der Waals surface area contributed by atoms with Crippen molar-refractivity contribution in [1.29, 1.82) is 5.26 Å². The molecular formula is C13H12N4. The van der Waals surface area contributed by atoms with Crippen molar-refractivity contribution >= 4 is 0 Å². The highest BCUT2D eigenvalue weighted by Gasteiger charge is 2.09. The molecule has 1 atom stereocenters. The van der Waals surface area contributed by atoms with Gasteiger partial charge in [-0.05, 0) is 29.8 Å². The molecule has 0 saturated heterocycles. The van der Waals surface area contributed by atoms with Crippen molar-refractivity contribution in [2.75, 3.05) is 0 Å². The second-order valence-corrected chi connectivity index (χ2v) is 3.55. The zero-order valence-electron chi connectivity index (χ0n) is 9.24. The molecule has 17 heavy (non-hydrogen) atoms. The average Bonchev–Trinajstić information content (AvgIpc) is 2.42. The van der Waals surface area contributed by atoms with E-state index in [-0.39, 0.29) is 6.04 Å². The Bertz CT molecular complexity index is 490. The Kier molecular flexibility index (Phi) is 3.79. The van der Waals surface area contributed by atoms with Gasteiger partial charge >= 0.3 is 0 Å².